The minimum absolute atomic E-state index is 0.284. The van der Waals surface area contributed by atoms with E-state index in [0.29, 0.717) is 11.6 Å². The zero-order valence-electron chi connectivity index (χ0n) is 14.6. The van der Waals surface area contributed by atoms with Crippen molar-refractivity contribution in [3.63, 3.8) is 0 Å². The monoisotopic (exact) mass is 284 g/mol. The number of carbonyl (C=O) groups is 2. The molecule has 0 amide bonds. The van der Waals surface area contributed by atoms with E-state index in [0.717, 1.165) is 12.8 Å². The molecule has 0 unspecified atom stereocenters. The molecule has 2 atom stereocenters. The number of rotatable bonds is 10. The van der Waals surface area contributed by atoms with Crippen molar-refractivity contribution >= 4 is 11.6 Å². The van der Waals surface area contributed by atoms with Crippen LogP contribution < -0.4 is 0 Å². The predicted octanol–water partition coefficient (Wildman–Crippen LogP) is 5.58. The Morgan fingerprint density at radius 1 is 0.700 bits per heavy atom. The summed E-state index contributed by atoms with van der Waals surface area (Å²) in [5, 5.41) is 0. The van der Waals surface area contributed by atoms with Gasteiger partial charge >= 0.3 is 0 Å². The van der Waals surface area contributed by atoms with Crippen LogP contribution in [0, 0.1) is 11.8 Å². The molecule has 2 heteroatoms. The van der Waals surface area contributed by atoms with Gasteiger partial charge in [0.1, 0.15) is 11.6 Å². The van der Waals surface area contributed by atoms with Gasteiger partial charge in [-0.25, -0.2) is 0 Å². The minimum Gasteiger partial charge on any atom is -0.300 e. The Morgan fingerprint density at radius 2 is 1.00 bits per heavy atom. The maximum absolute atomic E-state index is 10.7. The number of unbranched alkanes of at least 4 members (excludes halogenated alkanes) is 4. The zero-order chi connectivity index (χ0) is 16.0. The predicted molar refractivity (Wildman–Crippen MR) is 88.0 cm³/mol. The van der Waals surface area contributed by atoms with E-state index in [-0.39, 0.29) is 11.8 Å². The number of carbonyl (C=O) groups excluding carboxylic acids is 2. The van der Waals surface area contributed by atoms with Gasteiger partial charge in [0.2, 0.25) is 0 Å². The second-order valence-corrected chi connectivity index (χ2v) is 6.01. The first kappa shape index (κ1) is 21.6. The van der Waals surface area contributed by atoms with Gasteiger partial charge in [-0.1, -0.05) is 66.2 Å². The van der Waals surface area contributed by atoms with Gasteiger partial charge in [-0.3, -0.25) is 9.59 Å². The first-order valence-electron chi connectivity index (χ1n) is 8.37. The van der Waals surface area contributed by atoms with Crippen LogP contribution in [0.3, 0.4) is 0 Å². The Kier molecular flexibility index (Phi) is 15.9. The molecule has 0 saturated carbocycles. The highest BCUT2D eigenvalue weighted by atomic mass is 16.1. The summed E-state index contributed by atoms with van der Waals surface area (Å²) in [5.74, 6) is 1.23. The lowest BCUT2D eigenvalue weighted by Gasteiger charge is -2.04. The molecular formula is C18H36O2. The van der Waals surface area contributed by atoms with Crippen LogP contribution in [0.15, 0.2) is 0 Å². The molecule has 0 spiro atoms. The lowest BCUT2D eigenvalue weighted by molar-refractivity contribution is -0.121. The third-order valence-electron chi connectivity index (χ3n) is 3.87. The van der Waals surface area contributed by atoms with Crippen molar-refractivity contribution < 1.29 is 9.59 Å². The fraction of sp³-hybridized carbons (Fsp3) is 0.889. The second kappa shape index (κ2) is 14.7. The molecule has 0 N–H and O–H groups in total. The molecule has 0 aliphatic carbocycles. The number of hydrogen-bond donors (Lipinski definition) is 0. The Balaban J connectivity index is 0. The molecule has 0 radical (unpaired) electrons. The molecule has 0 aliphatic heterocycles. The van der Waals surface area contributed by atoms with E-state index in [9.17, 15) is 9.59 Å². The molecule has 0 heterocycles. The summed E-state index contributed by atoms with van der Waals surface area (Å²) >= 11 is 0. The van der Waals surface area contributed by atoms with Crippen molar-refractivity contribution in [1.29, 1.82) is 0 Å². The van der Waals surface area contributed by atoms with Gasteiger partial charge in [-0.15, -0.1) is 0 Å². The van der Waals surface area contributed by atoms with Gasteiger partial charge < -0.3 is 0 Å². The van der Waals surface area contributed by atoms with Crippen LogP contribution in [-0.2, 0) is 9.59 Å². The molecule has 0 aliphatic rings. The van der Waals surface area contributed by atoms with Gasteiger partial charge in [-0.05, 0) is 26.7 Å². The fourth-order valence-electron chi connectivity index (χ4n) is 1.81. The van der Waals surface area contributed by atoms with Crippen LogP contribution in [0.5, 0.6) is 0 Å². The van der Waals surface area contributed by atoms with E-state index in [1.54, 1.807) is 13.8 Å². The summed E-state index contributed by atoms with van der Waals surface area (Å²) in [6.07, 6.45) is 9.56. The van der Waals surface area contributed by atoms with E-state index >= 15 is 0 Å². The van der Waals surface area contributed by atoms with E-state index < -0.39 is 0 Å². The summed E-state index contributed by atoms with van der Waals surface area (Å²) in [7, 11) is 0. The summed E-state index contributed by atoms with van der Waals surface area (Å²) in [5.41, 5.74) is 0. The van der Waals surface area contributed by atoms with Crippen molar-refractivity contribution in [2.75, 3.05) is 0 Å². The lowest BCUT2D eigenvalue weighted by Crippen LogP contribution is -2.05. The van der Waals surface area contributed by atoms with Gasteiger partial charge in [0.25, 0.3) is 0 Å². The molecular weight excluding hydrogens is 248 g/mol. The Morgan fingerprint density at radius 3 is 1.20 bits per heavy atom. The quantitative estimate of drug-likeness (QED) is 0.490. The van der Waals surface area contributed by atoms with Crippen molar-refractivity contribution in [3.8, 4) is 0 Å². The highest BCUT2D eigenvalue weighted by molar-refractivity contribution is 5.78. The van der Waals surface area contributed by atoms with Crippen LogP contribution in [0.2, 0.25) is 0 Å². The van der Waals surface area contributed by atoms with Gasteiger partial charge in [0, 0.05) is 11.8 Å². The zero-order valence-corrected chi connectivity index (χ0v) is 14.6. The van der Waals surface area contributed by atoms with Crippen molar-refractivity contribution in [2.45, 2.75) is 92.9 Å². The van der Waals surface area contributed by atoms with Crippen LogP contribution in [0.4, 0.5) is 0 Å². The van der Waals surface area contributed by atoms with Crippen LogP contribution in [0.1, 0.15) is 92.9 Å². The highest BCUT2D eigenvalue weighted by Gasteiger charge is 2.05. The number of ketones is 2. The molecule has 120 valence electrons. The fourth-order valence-corrected chi connectivity index (χ4v) is 1.81. The molecule has 2 nitrogen and oxygen atoms in total. The van der Waals surface area contributed by atoms with Crippen LogP contribution in [0.25, 0.3) is 0 Å². The van der Waals surface area contributed by atoms with Gasteiger partial charge in [0.05, 0.1) is 0 Å². The third-order valence-corrected chi connectivity index (χ3v) is 3.87. The summed E-state index contributed by atoms with van der Waals surface area (Å²) in [6, 6.07) is 0. The smallest absolute Gasteiger partial charge is 0.132 e. The summed E-state index contributed by atoms with van der Waals surface area (Å²) in [6.45, 7) is 11.7. The maximum atomic E-state index is 10.7. The minimum atomic E-state index is 0.284. The van der Waals surface area contributed by atoms with E-state index in [1.807, 2.05) is 13.8 Å². The maximum Gasteiger partial charge on any atom is 0.132 e. The molecule has 0 bridgehead atoms. The Hall–Kier alpha value is -0.660. The molecule has 0 aromatic carbocycles. The molecule has 0 saturated heterocycles. The van der Waals surface area contributed by atoms with Gasteiger partial charge in [-0.2, -0.15) is 0 Å². The van der Waals surface area contributed by atoms with Crippen molar-refractivity contribution in [1.82, 2.24) is 0 Å². The molecule has 0 rings (SSSR count). The Bertz CT molecular complexity index is 220. The normalized spacial score (nSPS) is 13.1. The molecule has 0 aromatic rings. The highest BCUT2D eigenvalue weighted by Crippen LogP contribution is 2.10. The molecule has 0 fully saturated rings. The molecule has 0 aromatic heterocycles. The van der Waals surface area contributed by atoms with Gasteiger partial charge in [0.15, 0.2) is 0 Å². The first-order chi connectivity index (χ1) is 9.36. The van der Waals surface area contributed by atoms with E-state index in [4.69, 9.17) is 0 Å². The van der Waals surface area contributed by atoms with Crippen molar-refractivity contribution in [2.24, 2.45) is 11.8 Å². The first-order valence-corrected chi connectivity index (χ1v) is 8.37. The average molecular weight is 284 g/mol. The Labute approximate surface area is 126 Å². The second-order valence-electron chi connectivity index (χ2n) is 6.01. The SMILES string of the molecule is CCCCC[C@@H](C)C(C)=O.CCCCC[C@@H](C)C(C)=O. The largest absolute Gasteiger partial charge is 0.300 e. The van der Waals surface area contributed by atoms with E-state index in [1.165, 1.54) is 38.5 Å². The average Bonchev–Trinajstić information content (AvgIpc) is 2.39. The molecule has 20 heavy (non-hydrogen) atoms. The van der Waals surface area contributed by atoms with Crippen LogP contribution in [-0.4, -0.2) is 11.6 Å². The number of hydrogen-bond acceptors (Lipinski definition) is 2. The van der Waals surface area contributed by atoms with Crippen LogP contribution >= 0.6 is 0 Å². The lowest BCUT2D eigenvalue weighted by atomic mass is 10.0. The third kappa shape index (κ3) is 15.4. The van der Waals surface area contributed by atoms with E-state index in [2.05, 4.69) is 13.8 Å². The number of Topliss-reactive ketones (excluding diaryl/α,β-unsaturated/α-hetero) is 2. The summed E-state index contributed by atoms with van der Waals surface area (Å²) < 4.78 is 0. The standard InChI is InChI=1S/2C9H18O/c2*1-4-5-6-7-8(2)9(3)10/h2*8H,4-7H2,1-3H3/t2*8-/m11/s1. The van der Waals surface area contributed by atoms with Crippen molar-refractivity contribution in [3.05, 3.63) is 0 Å². The topological polar surface area (TPSA) is 34.1 Å². The summed E-state index contributed by atoms with van der Waals surface area (Å²) in [4.78, 5) is 21.5.